The zero-order valence-corrected chi connectivity index (χ0v) is 10.2. The van der Waals surface area contributed by atoms with Crippen molar-refractivity contribution in [3.63, 3.8) is 0 Å². The van der Waals surface area contributed by atoms with Gasteiger partial charge in [-0.25, -0.2) is 13.8 Å². The Kier molecular flexibility index (Phi) is 3.60. The number of benzene rings is 1. The first-order valence-electron chi connectivity index (χ1n) is 5.30. The third-order valence-electron chi connectivity index (χ3n) is 2.36. The highest BCUT2D eigenvalue weighted by atomic mass is 19.1. The second-order valence-corrected chi connectivity index (χ2v) is 3.64. The minimum absolute atomic E-state index is 0.0791. The summed E-state index contributed by atoms with van der Waals surface area (Å²) in [5.41, 5.74) is 4.91. The van der Waals surface area contributed by atoms with Crippen LogP contribution in [-0.2, 0) is 4.74 Å². The molecule has 1 amide bonds. The Morgan fingerprint density at radius 1 is 1.40 bits per heavy atom. The van der Waals surface area contributed by atoms with E-state index in [1.165, 1.54) is 13.2 Å². The number of nitrogens with one attached hydrogen (secondary N) is 1. The maximum atomic E-state index is 13.6. The van der Waals surface area contributed by atoms with Crippen molar-refractivity contribution in [2.75, 3.05) is 18.2 Å². The van der Waals surface area contributed by atoms with Gasteiger partial charge < -0.3 is 15.8 Å². The fourth-order valence-corrected chi connectivity index (χ4v) is 1.40. The van der Waals surface area contributed by atoms with Crippen LogP contribution in [0.25, 0.3) is 0 Å². The summed E-state index contributed by atoms with van der Waals surface area (Å²) in [6.07, 6.45) is 0. The number of halogens is 1. The number of rotatable bonds is 3. The molecule has 8 nitrogen and oxygen atoms in total. The number of carbonyl (C=O) groups is 2. The van der Waals surface area contributed by atoms with Crippen molar-refractivity contribution in [2.24, 2.45) is 0 Å². The Morgan fingerprint density at radius 3 is 2.75 bits per heavy atom. The number of hydrogen-bond donors (Lipinski definition) is 2. The summed E-state index contributed by atoms with van der Waals surface area (Å²) in [4.78, 5) is 23.1. The van der Waals surface area contributed by atoms with Crippen LogP contribution in [0.15, 0.2) is 22.8 Å². The molecular formula is C11H9FN4O4. The van der Waals surface area contributed by atoms with Crippen molar-refractivity contribution in [2.45, 2.75) is 0 Å². The van der Waals surface area contributed by atoms with E-state index in [1.54, 1.807) is 0 Å². The SMILES string of the molecule is COC(=O)c1ccc(F)c(NC(=O)c2nonc2N)c1. The minimum atomic E-state index is -0.815. The highest BCUT2D eigenvalue weighted by Gasteiger charge is 2.18. The van der Waals surface area contributed by atoms with Crippen molar-refractivity contribution in [3.8, 4) is 0 Å². The molecule has 3 N–H and O–H groups in total. The average molecular weight is 280 g/mol. The zero-order valence-electron chi connectivity index (χ0n) is 10.2. The third-order valence-corrected chi connectivity index (χ3v) is 2.36. The minimum Gasteiger partial charge on any atom is -0.465 e. The number of carbonyl (C=O) groups excluding carboxylic acids is 2. The van der Waals surface area contributed by atoms with E-state index < -0.39 is 17.7 Å². The molecule has 0 aliphatic rings. The topological polar surface area (TPSA) is 120 Å². The van der Waals surface area contributed by atoms with E-state index in [0.29, 0.717) is 0 Å². The van der Waals surface area contributed by atoms with Gasteiger partial charge in [-0.2, -0.15) is 0 Å². The lowest BCUT2D eigenvalue weighted by Gasteiger charge is -2.06. The Labute approximate surface area is 111 Å². The Hall–Kier alpha value is -2.97. The van der Waals surface area contributed by atoms with Gasteiger partial charge in [0, 0.05) is 0 Å². The molecule has 0 saturated heterocycles. The summed E-state index contributed by atoms with van der Waals surface area (Å²) < 4.78 is 22.3. The molecule has 20 heavy (non-hydrogen) atoms. The van der Waals surface area contributed by atoms with Crippen molar-refractivity contribution in [1.29, 1.82) is 0 Å². The van der Waals surface area contributed by atoms with Crippen molar-refractivity contribution >= 4 is 23.4 Å². The summed E-state index contributed by atoms with van der Waals surface area (Å²) in [7, 11) is 1.19. The number of amides is 1. The fourth-order valence-electron chi connectivity index (χ4n) is 1.40. The largest absolute Gasteiger partial charge is 0.465 e. The summed E-state index contributed by atoms with van der Waals surface area (Å²) in [6, 6.07) is 3.37. The molecule has 0 bridgehead atoms. The van der Waals surface area contributed by atoms with Crippen LogP contribution in [-0.4, -0.2) is 29.3 Å². The van der Waals surface area contributed by atoms with Crippen LogP contribution in [0, 0.1) is 5.82 Å². The first-order valence-corrected chi connectivity index (χ1v) is 5.30. The van der Waals surface area contributed by atoms with Gasteiger partial charge in [-0.1, -0.05) is 0 Å². The normalized spacial score (nSPS) is 10.1. The van der Waals surface area contributed by atoms with Gasteiger partial charge in [-0.15, -0.1) is 0 Å². The van der Waals surface area contributed by atoms with E-state index in [0.717, 1.165) is 12.1 Å². The Morgan fingerprint density at radius 2 is 2.15 bits per heavy atom. The van der Waals surface area contributed by atoms with Gasteiger partial charge in [0.25, 0.3) is 5.91 Å². The van der Waals surface area contributed by atoms with E-state index >= 15 is 0 Å². The molecule has 0 aliphatic carbocycles. The number of hydrogen-bond acceptors (Lipinski definition) is 7. The van der Waals surface area contributed by atoms with Crippen LogP contribution in [0.5, 0.6) is 0 Å². The van der Waals surface area contributed by atoms with Gasteiger partial charge in [-0.3, -0.25) is 4.79 Å². The van der Waals surface area contributed by atoms with Crippen LogP contribution >= 0.6 is 0 Å². The summed E-state index contributed by atoms with van der Waals surface area (Å²) in [5, 5.41) is 8.71. The first-order chi connectivity index (χ1) is 9.52. The summed E-state index contributed by atoms with van der Waals surface area (Å²) in [5.74, 6) is -2.44. The van der Waals surface area contributed by atoms with E-state index in [-0.39, 0.29) is 22.8 Å². The maximum Gasteiger partial charge on any atom is 0.337 e. The smallest absolute Gasteiger partial charge is 0.337 e. The molecule has 1 aromatic carbocycles. The molecular weight excluding hydrogens is 271 g/mol. The molecule has 2 aromatic rings. The molecule has 0 unspecified atom stereocenters. The Balaban J connectivity index is 2.27. The number of methoxy groups -OCH3 is 1. The lowest BCUT2D eigenvalue weighted by atomic mass is 10.2. The highest BCUT2D eigenvalue weighted by molar-refractivity contribution is 6.06. The van der Waals surface area contributed by atoms with Crippen LogP contribution in [0.2, 0.25) is 0 Å². The molecule has 1 heterocycles. The fraction of sp³-hybridized carbons (Fsp3) is 0.0909. The van der Waals surface area contributed by atoms with Crippen LogP contribution < -0.4 is 11.1 Å². The monoisotopic (exact) mass is 280 g/mol. The molecule has 0 spiro atoms. The molecule has 9 heteroatoms. The molecule has 0 aliphatic heterocycles. The van der Waals surface area contributed by atoms with Gasteiger partial charge in [0.1, 0.15) is 5.82 Å². The molecule has 0 radical (unpaired) electrons. The number of anilines is 2. The van der Waals surface area contributed by atoms with Gasteiger partial charge in [0.15, 0.2) is 0 Å². The van der Waals surface area contributed by atoms with Crippen LogP contribution in [0.4, 0.5) is 15.9 Å². The van der Waals surface area contributed by atoms with Gasteiger partial charge >= 0.3 is 5.97 Å². The molecule has 0 fully saturated rings. The predicted molar refractivity (Wildman–Crippen MR) is 64.4 cm³/mol. The number of nitrogens with zero attached hydrogens (tertiary/aromatic N) is 2. The van der Waals surface area contributed by atoms with Crippen molar-refractivity contribution in [3.05, 3.63) is 35.3 Å². The van der Waals surface area contributed by atoms with Crippen molar-refractivity contribution in [1.82, 2.24) is 10.3 Å². The van der Waals surface area contributed by atoms with E-state index in [9.17, 15) is 14.0 Å². The first kappa shape index (κ1) is 13.5. The molecule has 0 atom stereocenters. The van der Waals surface area contributed by atoms with E-state index in [4.69, 9.17) is 5.73 Å². The number of nitrogens with two attached hydrogens (primary N) is 1. The van der Waals surface area contributed by atoms with E-state index in [1.807, 2.05) is 0 Å². The number of ether oxygens (including phenoxy) is 1. The second kappa shape index (κ2) is 5.34. The Bertz CT molecular complexity index is 670. The number of nitrogen functional groups attached to an aromatic ring is 1. The predicted octanol–water partition coefficient (Wildman–Crippen LogP) is 0.830. The maximum absolute atomic E-state index is 13.6. The lowest BCUT2D eigenvalue weighted by Crippen LogP contribution is -2.16. The van der Waals surface area contributed by atoms with Crippen molar-refractivity contribution < 1.29 is 23.3 Å². The molecule has 1 aromatic heterocycles. The number of esters is 1. The average Bonchev–Trinajstić information content (AvgIpc) is 2.86. The van der Waals surface area contributed by atoms with Gasteiger partial charge in [-0.05, 0) is 28.5 Å². The van der Waals surface area contributed by atoms with Gasteiger partial charge in [0.2, 0.25) is 11.5 Å². The summed E-state index contributed by atoms with van der Waals surface area (Å²) in [6.45, 7) is 0. The second-order valence-electron chi connectivity index (χ2n) is 3.64. The summed E-state index contributed by atoms with van der Waals surface area (Å²) >= 11 is 0. The lowest BCUT2D eigenvalue weighted by molar-refractivity contribution is 0.0600. The quantitative estimate of drug-likeness (QED) is 0.798. The van der Waals surface area contributed by atoms with Gasteiger partial charge in [0.05, 0.1) is 18.4 Å². The standard InChI is InChI=1S/C11H9FN4O4/c1-19-11(18)5-2-3-6(12)7(4-5)14-10(17)8-9(13)16-20-15-8/h2-4H,1H3,(H2,13,16)(H,14,17). The highest BCUT2D eigenvalue weighted by Crippen LogP contribution is 2.18. The number of aromatic nitrogens is 2. The van der Waals surface area contributed by atoms with Crippen LogP contribution in [0.1, 0.15) is 20.8 Å². The molecule has 0 saturated carbocycles. The third kappa shape index (κ3) is 2.55. The van der Waals surface area contributed by atoms with Crippen LogP contribution in [0.3, 0.4) is 0 Å². The molecule has 2 rings (SSSR count). The zero-order chi connectivity index (χ0) is 14.7. The van der Waals surface area contributed by atoms with E-state index in [2.05, 4.69) is 25.0 Å². The molecule has 104 valence electrons.